The lowest BCUT2D eigenvalue weighted by atomic mass is 10.1. The molecule has 0 atom stereocenters. The van der Waals surface area contributed by atoms with Crippen molar-refractivity contribution in [2.45, 2.75) is 39.5 Å². The van der Waals surface area contributed by atoms with Crippen LogP contribution >= 0.6 is 0 Å². The van der Waals surface area contributed by atoms with Crippen LogP contribution in [0.25, 0.3) is 0 Å². The molecule has 0 aliphatic heterocycles. The fourth-order valence-corrected chi connectivity index (χ4v) is 0.841. The number of rotatable bonds is 5. The van der Waals surface area contributed by atoms with Crippen molar-refractivity contribution in [1.29, 1.82) is 0 Å². The highest BCUT2D eigenvalue weighted by atomic mass is 28.2. The van der Waals surface area contributed by atoms with Gasteiger partial charge in [0, 0.05) is 6.61 Å². The summed E-state index contributed by atoms with van der Waals surface area (Å²) in [6.07, 6.45) is 4.75. The first kappa shape index (κ1) is 13.7. The van der Waals surface area contributed by atoms with E-state index in [1.54, 1.807) is 0 Å². The number of nitrogens with two attached hydrogens (primary N) is 1. The van der Waals surface area contributed by atoms with Gasteiger partial charge in [-0.2, -0.15) is 0 Å². The highest BCUT2D eigenvalue weighted by molar-refractivity contribution is 6.02. The molecule has 0 fully saturated rings. The monoisotopic (exact) mass is 177 g/mol. The maximum absolute atomic E-state index is 8.43. The van der Waals surface area contributed by atoms with Crippen molar-refractivity contribution < 1.29 is 5.11 Å². The molecule has 3 N–H and O–H groups in total. The molecular weight excluding hydrogens is 154 g/mol. The van der Waals surface area contributed by atoms with Crippen molar-refractivity contribution in [1.82, 2.24) is 0 Å². The Kier molecular flexibility index (Phi) is 15.9. The minimum atomic E-state index is 0.359. The topological polar surface area (TPSA) is 46.2 Å². The molecule has 0 aromatic rings. The lowest BCUT2D eigenvalue weighted by Crippen LogP contribution is -1.88. The number of aliphatic hydroxyl groups excluding tert-OH is 1. The Morgan fingerprint density at radius 2 is 1.73 bits per heavy atom. The van der Waals surface area contributed by atoms with Gasteiger partial charge in [0.2, 0.25) is 0 Å². The van der Waals surface area contributed by atoms with Crippen molar-refractivity contribution >= 4 is 10.4 Å². The second-order valence-corrected chi connectivity index (χ2v) is 2.97. The third-order valence-corrected chi connectivity index (χ3v) is 1.44. The average Bonchev–Trinajstić information content (AvgIpc) is 2.02. The third kappa shape index (κ3) is 17.8. The maximum atomic E-state index is 8.43. The van der Waals surface area contributed by atoms with Crippen LogP contribution in [-0.2, 0) is 0 Å². The van der Waals surface area contributed by atoms with Crippen LogP contribution in [0.15, 0.2) is 0 Å². The number of unbranched alkanes of at least 4 members (excludes halogenated alkanes) is 2. The van der Waals surface area contributed by atoms with Crippen LogP contribution < -0.4 is 5.40 Å². The maximum Gasteiger partial charge on any atom is 0.0716 e. The Hall–Kier alpha value is 0.137. The van der Waals surface area contributed by atoms with Gasteiger partial charge in [0.1, 0.15) is 0 Å². The minimum Gasteiger partial charge on any atom is -0.396 e. The molecule has 0 unspecified atom stereocenters. The zero-order valence-corrected chi connectivity index (χ0v) is 10.1. The fourth-order valence-electron chi connectivity index (χ4n) is 0.841. The summed E-state index contributed by atoms with van der Waals surface area (Å²) in [5.41, 5.74) is 0. The molecule has 0 aliphatic rings. The standard InChI is InChI=1S/C8H18O.H5NSi/c1-8(2)6-4-3-5-7-9;1-2/h8-9H,3-7H2,1-2H3;1H2,2H3. The van der Waals surface area contributed by atoms with E-state index in [1.807, 2.05) is 0 Å². The average molecular weight is 177 g/mol. The second kappa shape index (κ2) is 12.8. The van der Waals surface area contributed by atoms with Crippen LogP contribution in [0.2, 0.25) is 0 Å². The Labute approximate surface area is 73.7 Å². The van der Waals surface area contributed by atoms with E-state index >= 15 is 0 Å². The molecule has 0 rings (SSSR count). The normalized spacial score (nSPS) is 9.55. The molecule has 0 amide bonds. The van der Waals surface area contributed by atoms with Gasteiger partial charge < -0.3 is 10.5 Å². The van der Waals surface area contributed by atoms with Gasteiger partial charge in [-0.05, 0) is 12.3 Å². The largest absolute Gasteiger partial charge is 0.396 e. The SMILES string of the molecule is CC(C)CCCCCO.N[SiH3]. The number of hydrogen-bond donors (Lipinski definition) is 2. The van der Waals surface area contributed by atoms with Crippen molar-refractivity contribution in [3.8, 4) is 0 Å². The van der Waals surface area contributed by atoms with Gasteiger partial charge in [-0.3, -0.25) is 0 Å². The predicted octanol–water partition coefficient (Wildman–Crippen LogP) is 0.421. The second-order valence-electron chi connectivity index (χ2n) is 2.97. The van der Waals surface area contributed by atoms with E-state index in [9.17, 15) is 0 Å². The van der Waals surface area contributed by atoms with Gasteiger partial charge in [-0.15, -0.1) is 0 Å². The molecule has 0 spiro atoms. The molecule has 0 saturated heterocycles. The molecule has 0 saturated carbocycles. The first-order chi connectivity index (χ1) is 5.27. The third-order valence-electron chi connectivity index (χ3n) is 1.44. The van der Waals surface area contributed by atoms with E-state index in [0.29, 0.717) is 6.61 Å². The Morgan fingerprint density at radius 3 is 2.09 bits per heavy atom. The lowest BCUT2D eigenvalue weighted by molar-refractivity contribution is 0.281. The summed E-state index contributed by atoms with van der Waals surface area (Å²) in [6.45, 7) is 4.83. The molecule has 0 aliphatic carbocycles. The quantitative estimate of drug-likeness (QED) is 0.472. The van der Waals surface area contributed by atoms with E-state index in [0.717, 1.165) is 22.7 Å². The van der Waals surface area contributed by atoms with Gasteiger partial charge >= 0.3 is 0 Å². The fraction of sp³-hybridized carbons (Fsp3) is 1.00. The van der Waals surface area contributed by atoms with Gasteiger partial charge in [0.25, 0.3) is 0 Å². The highest BCUT2D eigenvalue weighted by Gasteiger charge is 1.92. The summed E-state index contributed by atoms with van der Waals surface area (Å²) in [6, 6.07) is 0. The van der Waals surface area contributed by atoms with Crippen molar-refractivity contribution in [2.75, 3.05) is 6.61 Å². The summed E-state index contributed by atoms with van der Waals surface area (Å²) in [5.74, 6) is 0.823. The van der Waals surface area contributed by atoms with Crippen molar-refractivity contribution in [3.05, 3.63) is 0 Å². The molecule has 0 heterocycles. The number of aliphatic hydroxyl groups is 1. The van der Waals surface area contributed by atoms with Crippen LogP contribution in [0.5, 0.6) is 0 Å². The molecule has 0 radical (unpaired) electrons. The molecule has 0 bridgehead atoms. The molecule has 11 heavy (non-hydrogen) atoms. The van der Waals surface area contributed by atoms with Crippen LogP contribution in [0, 0.1) is 5.92 Å². The smallest absolute Gasteiger partial charge is 0.0716 e. The van der Waals surface area contributed by atoms with Crippen molar-refractivity contribution in [3.63, 3.8) is 0 Å². The lowest BCUT2D eigenvalue weighted by Gasteiger charge is -2.01. The minimum absolute atomic E-state index is 0.359. The molecular formula is C8H23NOSi. The van der Waals surface area contributed by atoms with E-state index < -0.39 is 0 Å². The Bertz CT molecular complexity index is 60.1. The highest BCUT2D eigenvalue weighted by Crippen LogP contribution is 2.06. The van der Waals surface area contributed by atoms with E-state index in [1.165, 1.54) is 19.3 Å². The van der Waals surface area contributed by atoms with Crippen LogP contribution in [0.1, 0.15) is 39.5 Å². The van der Waals surface area contributed by atoms with E-state index in [-0.39, 0.29) is 0 Å². The molecule has 3 heteroatoms. The van der Waals surface area contributed by atoms with Gasteiger partial charge in [0.05, 0.1) is 10.4 Å². The Balaban J connectivity index is 0. The zero-order valence-electron chi connectivity index (χ0n) is 8.14. The van der Waals surface area contributed by atoms with Crippen molar-refractivity contribution in [2.24, 2.45) is 11.3 Å². The molecule has 70 valence electrons. The summed E-state index contributed by atoms with van der Waals surface area (Å²) in [7, 11) is 0.806. The van der Waals surface area contributed by atoms with Crippen LogP contribution in [0.4, 0.5) is 0 Å². The summed E-state index contributed by atoms with van der Waals surface area (Å²) in [5, 5.41) is 13.1. The van der Waals surface area contributed by atoms with Gasteiger partial charge in [-0.1, -0.05) is 33.1 Å². The first-order valence-electron chi connectivity index (χ1n) is 4.46. The van der Waals surface area contributed by atoms with Crippen LogP contribution in [-0.4, -0.2) is 22.1 Å². The van der Waals surface area contributed by atoms with E-state index in [2.05, 4.69) is 19.2 Å². The predicted molar refractivity (Wildman–Crippen MR) is 54.5 cm³/mol. The summed E-state index contributed by atoms with van der Waals surface area (Å²) >= 11 is 0. The number of hydrogen-bond acceptors (Lipinski definition) is 2. The molecule has 0 aromatic heterocycles. The first-order valence-corrected chi connectivity index (χ1v) is 5.61. The summed E-state index contributed by atoms with van der Waals surface area (Å²) in [4.78, 5) is 0. The van der Waals surface area contributed by atoms with E-state index in [4.69, 9.17) is 5.11 Å². The van der Waals surface area contributed by atoms with Gasteiger partial charge in [0.15, 0.2) is 0 Å². The Morgan fingerprint density at radius 1 is 1.18 bits per heavy atom. The molecule has 0 aromatic carbocycles. The van der Waals surface area contributed by atoms with Gasteiger partial charge in [-0.25, -0.2) is 0 Å². The molecule has 2 nitrogen and oxygen atoms in total. The van der Waals surface area contributed by atoms with Crippen LogP contribution in [0.3, 0.4) is 0 Å². The summed E-state index contributed by atoms with van der Waals surface area (Å²) < 4.78 is 0. The zero-order chi connectivity index (χ0) is 9.11.